The Hall–Kier alpha value is -2.55. The zero-order valence-electron chi connectivity index (χ0n) is 11.9. The molecule has 0 aliphatic carbocycles. The number of aromatic nitrogens is 1. The molecule has 0 radical (unpaired) electrons. The van der Waals surface area contributed by atoms with E-state index in [1.165, 1.54) is 0 Å². The van der Waals surface area contributed by atoms with Crippen LogP contribution in [0.5, 0.6) is 5.75 Å². The minimum Gasteiger partial charge on any atom is -0.491 e. The van der Waals surface area contributed by atoms with Crippen LogP contribution in [0.1, 0.15) is 13.3 Å². The van der Waals surface area contributed by atoms with Gasteiger partial charge in [0.1, 0.15) is 5.75 Å². The zero-order chi connectivity index (χ0) is 14.7. The van der Waals surface area contributed by atoms with Crippen LogP contribution in [0.4, 0.5) is 0 Å². The lowest BCUT2D eigenvalue weighted by atomic mass is 10.1. The molecule has 3 rings (SSSR count). The lowest BCUT2D eigenvalue weighted by molar-refractivity contribution is 0.320. The molecule has 0 fully saturated rings. The minimum absolute atomic E-state index is 0.00421. The molecular weight excluding hydrogens is 262 g/mol. The predicted molar refractivity (Wildman–Crippen MR) is 85.8 cm³/mol. The lowest BCUT2D eigenvalue weighted by Crippen LogP contribution is -2.05. The van der Waals surface area contributed by atoms with E-state index in [9.17, 15) is 4.79 Å². The van der Waals surface area contributed by atoms with Gasteiger partial charge in [0.25, 0.3) is 0 Å². The Balaban J connectivity index is 2.19. The van der Waals surface area contributed by atoms with E-state index in [-0.39, 0.29) is 5.43 Å². The monoisotopic (exact) mass is 279 g/mol. The van der Waals surface area contributed by atoms with Crippen molar-refractivity contribution in [3.8, 4) is 17.0 Å². The number of aromatic amines is 1. The zero-order valence-corrected chi connectivity index (χ0v) is 11.9. The summed E-state index contributed by atoms with van der Waals surface area (Å²) >= 11 is 0. The Bertz CT molecular complexity index is 806. The summed E-state index contributed by atoms with van der Waals surface area (Å²) < 4.78 is 5.74. The van der Waals surface area contributed by atoms with Crippen LogP contribution in [0.2, 0.25) is 0 Å². The number of benzene rings is 2. The standard InChI is InChI=1S/C18H17NO2/c1-2-11-21-17-10-6-9-14-16(20)12-15(19-18(14)17)13-7-4-3-5-8-13/h3-10,12H,2,11H2,1H3,(H,19,20). The first-order valence-corrected chi connectivity index (χ1v) is 7.14. The summed E-state index contributed by atoms with van der Waals surface area (Å²) in [4.78, 5) is 15.7. The fraction of sp³-hybridized carbons (Fsp3) is 0.167. The number of para-hydroxylation sites is 1. The number of fused-ring (bicyclic) bond motifs is 1. The highest BCUT2D eigenvalue weighted by Gasteiger charge is 2.08. The molecule has 0 saturated heterocycles. The maximum atomic E-state index is 12.3. The molecule has 21 heavy (non-hydrogen) atoms. The quantitative estimate of drug-likeness (QED) is 0.784. The number of hydrogen-bond acceptors (Lipinski definition) is 2. The van der Waals surface area contributed by atoms with Crippen molar-refractivity contribution in [3.05, 3.63) is 64.8 Å². The molecule has 0 amide bonds. The van der Waals surface area contributed by atoms with E-state index in [4.69, 9.17) is 4.74 Å². The number of pyridine rings is 1. The van der Waals surface area contributed by atoms with Gasteiger partial charge in [-0.1, -0.05) is 43.3 Å². The summed E-state index contributed by atoms with van der Waals surface area (Å²) in [5.41, 5.74) is 2.56. The van der Waals surface area contributed by atoms with E-state index in [1.807, 2.05) is 48.5 Å². The highest BCUT2D eigenvalue weighted by Crippen LogP contribution is 2.25. The van der Waals surface area contributed by atoms with Crippen LogP contribution in [-0.2, 0) is 0 Å². The molecule has 3 nitrogen and oxygen atoms in total. The first-order chi connectivity index (χ1) is 10.3. The number of hydrogen-bond donors (Lipinski definition) is 1. The fourth-order valence-electron chi connectivity index (χ4n) is 2.35. The maximum Gasteiger partial charge on any atom is 0.190 e. The lowest BCUT2D eigenvalue weighted by Gasteiger charge is -2.10. The maximum absolute atomic E-state index is 12.3. The second-order valence-electron chi connectivity index (χ2n) is 4.94. The summed E-state index contributed by atoms with van der Waals surface area (Å²) in [5, 5.41) is 0.656. The third-order valence-electron chi connectivity index (χ3n) is 3.37. The second-order valence-corrected chi connectivity index (χ2v) is 4.94. The number of nitrogens with one attached hydrogen (secondary N) is 1. The molecule has 0 atom stereocenters. The van der Waals surface area contributed by atoms with E-state index in [1.54, 1.807) is 6.07 Å². The SMILES string of the molecule is CCCOc1cccc2c(=O)cc(-c3ccccc3)[nH]c12. The van der Waals surface area contributed by atoms with Crippen LogP contribution in [0.3, 0.4) is 0 Å². The van der Waals surface area contributed by atoms with E-state index in [0.29, 0.717) is 12.0 Å². The number of ether oxygens (including phenoxy) is 1. The molecule has 1 aromatic heterocycles. The molecule has 106 valence electrons. The van der Waals surface area contributed by atoms with Crippen molar-refractivity contribution < 1.29 is 4.74 Å². The van der Waals surface area contributed by atoms with E-state index < -0.39 is 0 Å². The first kappa shape index (κ1) is 13.4. The summed E-state index contributed by atoms with van der Waals surface area (Å²) in [6, 6.07) is 17.0. The van der Waals surface area contributed by atoms with Crippen LogP contribution in [0.15, 0.2) is 59.4 Å². The van der Waals surface area contributed by atoms with Gasteiger partial charge in [0.15, 0.2) is 5.43 Å². The molecule has 0 bridgehead atoms. The topological polar surface area (TPSA) is 42.1 Å². The fourth-order valence-corrected chi connectivity index (χ4v) is 2.35. The van der Waals surface area contributed by atoms with Crippen molar-refractivity contribution >= 4 is 10.9 Å². The van der Waals surface area contributed by atoms with Gasteiger partial charge in [0.05, 0.1) is 12.1 Å². The van der Waals surface area contributed by atoms with Gasteiger partial charge in [-0.3, -0.25) is 4.79 Å². The van der Waals surface area contributed by atoms with E-state index in [2.05, 4.69) is 11.9 Å². The third-order valence-corrected chi connectivity index (χ3v) is 3.37. The highest BCUT2D eigenvalue weighted by atomic mass is 16.5. The molecule has 1 N–H and O–H groups in total. The van der Waals surface area contributed by atoms with Gasteiger partial charge in [-0.15, -0.1) is 0 Å². The Labute approximate surface area is 123 Å². The van der Waals surface area contributed by atoms with Gasteiger partial charge in [0, 0.05) is 17.1 Å². The molecule has 3 heteroatoms. The molecule has 0 spiro atoms. The molecule has 0 saturated carbocycles. The molecule has 0 aliphatic heterocycles. The van der Waals surface area contributed by atoms with Crippen molar-refractivity contribution in [2.24, 2.45) is 0 Å². The van der Waals surface area contributed by atoms with Gasteiger partial charge >= 0.3 is 0 Å². The Morgan fingerprint density at radius 2 is 1.86 bits per heavy atom. The Morgan fingerprint density at radius 1 is 1.05 bits per heavy atom. The highest BCUT2D eigenvalue weighted by molar-refractivity contribution is 5.86. The van der Waals surface area contributed by atoms with Crippen LogP contribution in [0.25, 0.3) is 22.2 Å². The predicted octanol–water partition coefficient (Wildman–Crippen LogP) is 3.98. The number of rotatable bonds is 4. The van der Waals surface area contributed by atoms with Crippen LogP contribution in [0, 0.1) is 0 Å². The van der Waals surface area contributed by atoms with Crippen LogP contribution < -0.4 is 10.2 Å². The molecule has 1 heterocycles. The average Bonchev–Trinajstić information content (AvgIpc) is 2.54. The van der Waals surface area contributed by atoms with Crippen molar-refractivity contribution in [3.63, 3.8) is 0 Å². The largest absolute Gasteiger partial charge is 0.491 e. The molecule has 0 unspecified atom stereocenters. The normalized spacial score (nSPS) is 10.7. The first-order valence-electron chi connectivity index (χ1n) is 7.14. The summed E-state index contributed by atoms with van der Waals surface area (Å²) in [6.07, 6.45) is 0.930. The average molecular weight is 279 g/mol. The van der Waals surface area contributed by atoms with Crippen molar-refractivity contribution in [1.29, 1.82) is 0 Å². The third kappa shape index (κ3) is 2.68. The van der Waals surface area contributed by atoms with Gasteiger partial charge in [-0.05, 0) is 24.1 Å². The Morgan fingerprint density at radius 3 is 2.62 bits per heavy atom. The summed E-state index contributed by atoms with van der Waals surface area (Å²) in [5.74, 6) is 0.726. The Kier molecular flexibility index (Phi) is 3.73. The number of H-pyrrole nitrogens is 1. The molecule has 0 aliphatic rings. The van der Waals surface area contributed by atoms with Gasteiger partial charge in [-0.2, -0.15) is 0 Å². The molecule has 2 aromatic carbocycles. The van der Waals surface area contributed by atoms with Gasteiger partial charge < -0.3 is 9.72 Å². The van der Waals surface area contributed by atoms with E-state index in [0.717, 1.165) is 28.9 Å². The van der Waals surface area contributed by atoms with E-state index >= 15 is 0 Å². The van der Waals surface area contributed by atoms with Gasteiger partial charge in [-0.25, -0.2) is 0 Å². The van der Waals surface area contributed by atoms with Crippen molar-refractivity contribution in [2.75, 3.05) is 6.61 Å². The second kappa shape index (κ2) is 5.83. The van der Waals surface area contributed by atoms with Crippen molar-refractivity contribution in [1.82, 2.24) is 4.98 Å². The summed E-state index contributed by atoms with van der Waals surface area (Å²) in [7, 11) is 0. The van der Waals surface area contributed by atoms with Crippen LogP contribution in [-0.4, -0.2) is 11.6 Å². The van der Waals surface area contributed by atoms with Crippen molar-refractivity contribution in [2.45, 2.75) is 13.3 Å². The molecular formula is C18H17NO2. The van der Waals surface area contributed by atoms with Crippen LogP contribution >= 0.6 is 0 Å². The smallest absolute Gasteiger partial charge is 0.190 e. The summed E-state index contributed by atoms with van der Waals surface area (Å²) in [6.45, 7) is 2.69. The minimum atomic E-state index is 0.00421. The molecule has 3 aromatic rings. The van der Waals surface area contributed by atoms with Gasteiger partial charge in [0.2, 0.25) is 0 Å².